The summed E-state index contributed by atoms with van der Waals surface area (Å²) in [6, 6.07) is 10.1. The van der Waals surface area contributed by atoms with Crippen LogP contribution in [0.15, 0.2) is 69.5 Å². The average molecular weight is 841 g/mol. The molecule has 4 aliphatic rings. The Morgan fingerprint density at radius 2 is 1.63 bits per heavy atom. The predicted molar refractivity (Wildman–Crippen MR) is 215 cm³/mol. The third-order valence-corrected chi connectivity index (χ3v) is 15.2. The minimum absolute atomic E-state index is 0.0239. The quantitative estimate of drug-likeness (QED) is 0.245. The standard InChI is InChI=1S/C38H48Cl3N5O6S2/c1-5-52-33-26-32(41)34(54(50,51)45-18-6-7-19-45)25-31(33)35-42-37(2,27-9-13-29(39)14-10-27)38(3,28-11-15-30(40)16-12-28)46(35)36(47)44-22-20-43(21-23-44)17-8-24-53(4,48)49/h9,11-16,25-27H,5-8,10,17-24H2,1-4H3/t27?,37-,38+/m0/s1. The number of sulfone groups is 1. The van der Waals surface area contributed by atoms with Gasteiger partial charge in [-0.3, -0.25) is 14.8 Å². The molecule has 11 nitrogen and oxygen atoms in total. The number of carbonyl (C=O) groups is 1. The van der Waals surface area contributed by atoms with Crippen LogP contribution >= 0.6 is 34.8 Å². The van der Waals surface area contributed by atoms with Gasteiger partial charge in [-0.15, -0.1) is 0 Å². The summed E-state index contributed by atoms with van der Waals surface area (Å²) in [4.78, 5) is 26.4. The van der Waals surface area contributed by atoms with Crippen molar-refractivity contribution in [1.82, 2.24) is 19.0 Å². The molecule has 2 aromatic carbocycles. The molecule has 6 rings (SSSR count). The van der Waals surface area contributed by atoms with Crippen LogP contribution in [0.3, 0.4) is 0 Å². The SMILES string of the molecule is CCOc1cc(Cl)c(S(=O)(=O)N2CCCC2)cc1C1=N[C@@](C)(C2C=CC(Cl)=CC2)[C@@](C)(c2ccc(Cl)cc2)N1C(=O)N1CCN(CCCS(C)(=O)=O)CC1. The molecule has 0 aromatic heterocycles. The summed E-state index contributed by atoms with van der Waals surface area (Å²) in [7, 11) is -7.07. The van der Waals surface area contributed by atoms with Gasteiger partial charge in [0.1, 0.15) is 26.3 Å². The highest BCUT2D eigenvalue weighted by atomic mass is 35.5. The summed E-state index contributed by atoms with van der Waals surface area (Å²) in [5.74, 6) is 0.449. The van der Waals surface area contributed by atoms with E-state index in [1.165, 1.54) is 22.7 Å². The van der Waals surface area contributed by atoms with E-state index in [0.717, 1.165) is 18.4 Å². The number of benzene rings is 2. The first kappa shape index (κ1) is 41.0. The predicted octanol–water partition coefficient (Wildman–Crippen LogP) is 6.78. The van der Waals surface area contributed by atoms with Crippen molar-refractivity contribution in [2.75, 3.05) is 64.4 Å². The second-order valence-electron chi connectivity index (χ2n) is 14.7. The summed E-state index contributed by atoms with van der Waals surface area (Å²) in [6.07, 6.45) is 9.62. The van der Waals surface area contributed by atoms with E-state index in [4.69, 9.17) is 44.5 Å². The molecule has 0 saturated carbocycles. The van der Waals surface area contributed by atoms with Crippen LogP contribution in [-0.2, 0) is 25.4 Å². The number of carbonyl (C=O) groups excluding carboxylic acids is 1. The number of halogens is 3. The molecule has 2 fully saturated rings. The molecule has 294 valence electrons. The topological polar surface area (TPSA) is 120 Å². The number of ether oxygens (including phenoxy) is 1. The van der Waals surface area contributed by atoms with Crippen molar-refractivity contribution in [2.45, 2.75) is 62.4 Å². The first-order valence-corrected chi connectivity index (χ1v) is 23.0. The molecule has 16 heteroatoms. The van der Waals surface area contributed by atoms with Gasteiger partial charge in [-0.25, -0.2) is 21.6 Å². The third kappa shape index (κ3) is 7.97. The van der Waals surface area contributed by atoms with Gasteiger partial charge in [-0.1, -0.05) is 59.1 Å². The molecule has 2 aromatic rings. The van der Waals surface area contributed by atoms with Crippen LogP contribution < -0.4 is 4.74 Å². The lowest BCUT2D eigenvalue weighted by atomic mass is 9.66. The molecule has 0 radical (unpaired) electrons. The monoisotopic (exact) mass is 839 g/mol. The number of hydrogen-bond donors (Lipinski definition) is 0. The van der Waals surface area contributed by atoms with Crippen LogP contribution in [0.1, 0.15) is 57.6 Å². The van der Waals surface area contributed by atoms with Gasteiger partial charge in [0.25, 0.3) is 0 Å². The average Bonchev–Trinajstić information content (AvgIpc) is 3.75. The smallest absolute Gasteiger partial charge is 0.326 e. The van der Waals surface area contributed by atoms with Crippen molar-refractivity contribution < 1.29 is 26.4 Å². The number of nitrogens with zero attached hydrogens (tertiary/aromatic N) is 5. The normalized spacial score (nSPS) is 25.6. The van der Waals surface area contributed by atoms with Crippen molar-refractivity contribution in [3.8, 4) is 5.75 Å². The highest BCUT2D eigenvalue weighted by molar-refractivity contribution is 7.90. The number of amidine groups is 1. The van der Waals surface area contributed by atoms with Crippen molar-refractivity contribution in [2.24, 2.45) is 10.9 Å². The lowest BCUT2D eigenvalue weighted by molar-refractivity contribution is 0.0754. The number of allylic oxidation sites excluding steroid dienone is 3. The van der Waals surface area contributed by atoms with Gasteiger partial charge in [-0.2, -0.15) is 4.31 Å². The second kappa shape index (κ2) is 16.1. The van der Waals surface area contributed by atoms with E-state index >= 15 is 4.79 Å². The first-order chi connectivity index (χ1) is 25.5. The van der Waals surface area contributed by atoms with E-state index in [9.17, 15) is 16.8 Å². The Balaban J connectivity index is 1.51. The molecule has 2 saturated heterocycles. The van der Waals surface area contributed by atoms with Gasteiger partial charge in [-0.05, 0) is 82.8 Å². The van der Waals surface area contributed by atoms with Gasteiger partial charge >= 0.3 is 6.03 Å². The molecule has 54 heavy (non-hydrogen) atoms. The summed E-state index contributed by atoms with van der Waals surface area (Å²) >= 11 is 19.6. The Hall–Kier alpha value is -2.65. The zero-order valence-corrected chi connectivity index (χ0v) is 35.0. The number of urea groups is 1. The molecule has 3 aliphatic heterocycles. The van der Waals surface area contributed by atoms with E-state index in [1.54, 1.807) is 21.9 Å². The third-order valence-electron chi connectivity index (χ3n) is 11.2. The number of hydrogen-bond acceptors (Lipinski definition) is 8. The van der Waals surface area contributed by atoms with Crippen LogP contribution in [0.4, 0.5) is 4.79 Å². The molecule has 3 heterocycles. The number of piperazine rings is 1. The Morgan fingerprint density at radius 1 is 0.963 bits per heavy atom. The lowest BCUT2D eigenvalue weighted by Crippen LogP contribution is -2.62. The minimum Gasteiger partial charge on any atom is -0.493 e. The van der Waals surface area contributed by atoms with Crippen molar-refractivity contribution >= 4 is 66.5 Å². The zero-order valence-electron chi connectivity index (χ0n) is 31.1. The van der Waals surface area contributed by atoms with Crippen molar-refractivity contribution in [1.29, 1.82) is 0 Å². The number of sulfonamides is 1. The Labute approximate surface area is 334 Å². The Kier molecular flexibility index (Phi) is 12.2. The molecular weight excluding hydrogens is 793 g/mol. The van der Waals surface area contributed by atoms with Crippen molar-refractivity contribution in [3.63, 3.8) is 0 Å². The van der Waals surface area contributed by atoms with Gasteiger partial charge in [0.05, 0.1) is 34.0 Å². The summed E-state index contributed by atoms with van der Waals surface area (Å²) in [5.41, 5.74) is -1.03. The van der Waals surface area contributed by atoms with Crippen molar-refractivity contribution in [3.05, 3.63) is 80.8 Å². The number of rotatable bonds is 11. The molecule has 0 spiro atoms. The zero-order chi connectivity index (χ0) is 39.1. The van der Waals surface area contributed by atoms with Gasteiger partial charge < -0.3 is 9.64 Å². The molecule has 1 aliphatic carbocycles. The molecule has 3 atom stereocenters. The van der Waals surface area contributed by atoms with Crippen LogP contribution in [0.5, 0.6) is 5.75 Å². The molecule has 1 unspecified atom stereocenters. The maximum atomic E-state index is 15.3. The number of amides is 2. The molecular formula is C38H48Cl3N5O6S2. The molecule has 0 N–H and O–H groups in total. The molecule has 2 amide bonds. The lowest BCUT2D eigenvalue weighted by Gasteiger charge is -2.49. The highest BCUT2D eigenvalue weighted by Gasteiger charge is 2.62. The second-order valence-corrected chi connectivity index (χ2v) is 20.2. The maximum Gasteiger partial charge on any atom is 0.326 e. The summed E-state index contributed by atoms with van der Waals surface area (Å²) in [5, 5.41) is 1.17. The van der Waals surface area contributed by atoms with E-state index in [-0.39, 0.29) is 40.1 Å². The first-order valence-electron chi connectivity index (χ1n) is 18.4. The van der Waals surface area contributed by atoms with Gasteiger partial charge in [0.2, 0.25) is 10.0 Å². The van der Waals surface area contributed by atoms with E-state index < -0.39 is 30.9 Å². The van der Waals surface area contributed by atoms with Crippen LogP contribution in [0, 0.1) is 5.92 Å². The minimum atomic E-state index is -3.99. The van der Waals surface area contributed by atoms with Gasteiger partial charge in [0, 0.05) is 67.6 Å². The Bertz CT molecular complexity index is 2060. The van der Waals surface area contributed by atoms with E-state index in [1.807, 2.05) is 51.1 Å². The van der Waals surface area contributed by atoms with Crippen LogP contribution in [0.25, 0.3) is 0 Å². The largest absolute Gasteiger partial charge is 0.493 e. The highest BCUT2D eigenvalue weighted by Crippen LogP contribution is 2.54. The number of aliphatic imine (C=N–C) groups is 1. The fourth-order valence-corrected chi connectivity index (χ4v) is 11.0. The maximum absolute atomic E-state index is 15.3. The summed E-state index contributed by atoms with van der Waals surface area (Å²) < 4.78 is 59.3. The fraction of sp³-hybridized carbons (Fsp3) is 0.526. The van der Waals surface area contributed by atoms with Crippen LogP contribution in [0.2, 0.25) is 10.0 Å². The van der Waals surface area contributed by atoms with E-state index in [2.05, 4.69) is 4.90 Å². The Morgan fingerprint density at radius 3 is 2.22 bits per heavy atom. The van der Waals surface area contributed by atoms with E-state index in [0.29, 0.717) is 80.0 Å². The van der Waals surface area contributed by atoms with Gasteiger partial charge in [0.15, 0.2) is 0 Å². The fourth-order valence-electron chi connectivity index (χ4n) is 8.03. The molecule has 0 bridgehead atoms. The summed E-state index contributed by atoms with van der Waals surface area (Å²) in [6.45, 7) is 9.39. The van der Waals surface area contributed by atoms with Crippen LogP contribution in [-0.4, -0.2) is 118 Å².